The number of rotatable bonds is 7. The van der Waals surface area contributed by atoms with Crippen LogP contribution in [0.1, 0.15) is 6.92 Å². The molecule has 0 amide bonds. The van der Waals surface area contributed by atoms with E-state index in [1.165, 1.54) is 0 Å². The molecule has 0 aliphatic rings. The second kappa shape index (κ2) is 7.17. The highest BCUT2D eigenvalue weighted by atomic mass is 32.2. The molecule has 118 valence electrons. The van der Waals surface area contributed by atoms with Gasteiger partial charge in [0.2, 0.25) is 0 Å². The van der Waals surface area contributed by atoms with Crippen LogP contribution in [0.3, 0.4) is 0 Å². The fraction of sp³-hybridized carbons (Fsp3) is 0.357. The second-order valence-electron chi connectivity index (χ2n) is 4.28. The molecule has 2 rings (SSSR count). The minimum absolute atomic E-state index is 0.163. The van der Waals surface area contributed by atoms with Gasteiger partial charge in [0, 0.05) is 17.9 Å². The summed E-state index contributed by atoms with van der Waals surface area (Å²) in [5, 5.41) is 19.3. The Morgan fingerprint density at radius 3 is 2.59 bits per heavy atom. The number of thioether (sulfide) groups is 1. The normalized spacial score (nSPS) is 10.5. The Morgan fingerprint density at radius 1 is 1.27 bits per heavy atom. The summed E-state index contributed by atoms with van der Waals surface area (Å²) in [7, 11) is 3.13. The van der Waals surface area contributed by atoms with Gasteiger partial charge in [-0.05, 0) is 25.1 Å². The van der Waals surface area contributed by atoms with Crippen LogP contribution in [0.5, 0.6) is 11.5 Å². The van der Waals surface area contributed by atoms with Crippen molar-refractivity contribution in [2.45, 2.75) is 18.6 Å². The molecule has 0 radical (unpaired) electrons. The van der Waals surface area contributed by atoms with Crippen molar-refractivity contribution in [1.29, 1.82) is 0 Å². The van der Waals surface area contributed by atoms with Crippen LogP contribution in [0.2, 0.25) is 0 Å². The van der Waals surface area contributed by atoms with Gasteiger partial charge in [-0.2, -0.15) is 0 Å². The number of carboxylic acids is 1. The number of aromatic nitrogens is 3. The summed E-state index contributed by atoms with van der Waals surface area (Å²) in [6.07, 6.45) is 0. The molecule has 0 bridgehead atoms. The Bertz CT molecular complexity index is 672. The summed E-state index contributed by atoms with van der Waals surface area (Å²) >= 11 is 1.08. The van der Waals surface area contributed by atoms with Gasteiger partial charge in [0.15, 0.2) is 22.5 Å². The Hall–Kier alpha value is -2.22. The zero-order valence-electron chi connectivity index (χ0n) is 12.5. The molecule has 0 saturated carbocycles. The number of aliphatic carboxylic acids is 1. The Morgan fingerprint density at radius 2 is 2.00 bits per heavy atom. The van der Waals surface area contributed by atoms with Crippen LogP contribution in [-0.2, 0) is 11.3 Å². The van der Waals surface area contributed by atoms with Crippen LogP contribution < -0.4 is 14.6 Å². The first-order valence-electron chi connectivity index (χ1n) is 6.59. The Balaban J connectivity index is 2.38. The van der Waals surface area contributed by atoms with Gasteiger partial charge in [-0.25, -0.2) is 0 Å². The molecule has 1 heterocycles. The van der Waals surface area contributed by atoms with E-state index in [0.29, 0.717) is 29.0 Å². The van der Waals surface area contributed by atoms with Crippen molar-refractivity contribution < 1.29 is 19.4 Å². The van der Waals surface area contributed by atoms with E-state index in [9.17, 15) is 9.90 Å². The molecule has 0 aliphatic heterocycles. The molecule has 0 unspecified atom stereocenters. The summed E-state index contributed by atoms with van der Waals surface area (Å²) in [5.41, 5.74) is 0.812. The number of benzene rings is 1. The first kappa shape index (κ1) is 16.2. The lowest BCUT2D eigenvalue weighted by Gasteiger charge is -2.11. The van der Waals surface area contributed by atoms with Crippen LogP contribution in [0.15, 0.2) is 23.4 Å². The SMILES string of the molecule is CCn1c(SCC(=O)[O-])nnc1-c1ccc(OC)c(OC)c1. The third-order valence-electron chi connectivity index (χ3n) is 2.99. The first-order valence-corrected chi connectivity index (χ1v) is 7.57. The summed E-state index contributed by atoms with van der Waals surface area (Å²) in [6.45, 7) is 2.56. The number of ether oxygens (including phenoxy) is 2. The van der Waals surface area contributed by atoms with Crippen LogP contribution in [-0.4, -0.2) is 40.7 Å². The number of carbonyl (C=O) groups is 1. The number of hydrogen-bond acceptors (Lipinski definition) is 7. The number of hydrogen-bond donors (Lipinski definition) is 0. The van der Waals surface area contributed by atoms with Crippen molar-refractivity contribution in [2.75, 3.05) is 20.0 Å². The monoisotopic (exact) mass is 322 g/mol. The summed E-state index contributed by atoms with van der Waals surface area (Å²) in [5.74, 6) is 0.562. The van der Waals surface area contributed by atoms with Crippen molar-refractivity contribution in [3.05, 3.63) is 18.2 Å². The standard InChI is InChI=1S/C14H17N3O4S/c1-4-17-13(15-16-14(17)22-8-12(18)19)9-5-6-10(20-2)11(7-9)21-3/h5-7H,4,8H2,1-3H3,(H,18,19)/p-1. The van der Waals surface area contributed by atoms with Crippen LogP contribution in [0.25, 0.3) is 11.4 Å². The molecular weight excluding hydrogens is 306 g/mol. The van der Waals surface area contributed by atoms with Gasteiger partial charge >= 0.3 is 0 Å². The second-order valence-corrected chi connectivity index (χ2v) is 5.22. The fourth-order valence-corrected chi connectivity index (χ4v) is 2.71. The van der Waals surface area contributed by atoms with Gasteiger partial charge in [-0.15, -0.1) is 10.2 Å². The number of nitrogens with zero attached hydrogens (tertiary/aromatic N) is 3. The largest absolute Gasteiger partial charge is 0.549 e. The van der Waals surface area contributed by atoms with Gasteiger partial charge in [0.25, 0.3) is 0 Å². The van der Waals surface area contributed by atoms with Gasteiger partial charge in [-0.3, -0.25) is 0 Å². The maximum atomic E-state index is 10.6. The van der Waals surface area contributed by atoms with Crippen molar-refractivity contribution in [3.8, 4) is 22.9 Å². The van der Waals surface area contributed by atoms with Crippen LogP contribution in [0, 0.1) is 0 Å². The average Bonchev–Trinajstić information content (AvgIpc) is 2.94. The van der Waals surface area contributed by atoms with Crippen molar-refractivity contribution in [2.24, 2.45) is 0 Å². The number of methoxy groups -OCH3 is 2. The van der Waals surface area contributed by atoms with E-state index in [1.807, 2.05) is 23.6 Å². The molecule has 0 fully saturated rings. The molecule has 0 aliphatic carbocycles. The van der Waals surface area contributed by atoms with Gasteiger partial charge < -0.3 is 23.9 Å². The lowest BCUT2D eigenvalue weighted by Crippen LogP contribution is -2.24. The van der Waals surface area contributed by atoms with Gasteiger partial charge in [0.05, 0.1) is 20.2 Å². The number of carbonyl (C=O) groups excluding carboxylic acids is 1. The average molecular weight is 322 g/mol. The predicted molar refractivity (Wildman–Crippen MR) is 80.0 cm³/mol. The topological polar surface area (TPSA) is 89.3 Å². The van der Waals surface area contributed by atoms with Crippen LogP contribution in [0.4, 0.5) is 0 Å². The fourth-order valence-electron chi connectivity index (χ4n) is 1.99. The molecule has 1 aromatic heterocycles. The van der Waals surface area contributed by atoms with E-state index in [2.05, 4.69) is 10.2 Å². The summed E-state index contributed by atoms with van der Waals surface area (Å²) in [4.78, 5) is 10.6. The van der Waals surface area contributed by atoms with E-state index >= 15 is 0 Å². The smallest absolute Gasteiger partial charge is 0.191 e. The zero-order chi connectivity index (χ0) is 16.1. The maximum Gasteiger partial charge on any atom is 0.191 e. The maximum absolute atomic E-state index is 10.6. The molecule has 22 heavy (non-hydrogen) atoms. The molecule has 0 saturated heterocycles. The molecule has 8 heteroatoms. The minimum Gasteiger partial charge on any atom is -0.549 e. The lowest BCUT2D eigenvalue weighted by molar-refractivity contribution is -0.301. The van der Waals surface area contributed by atoms with Crippen LogP contribution >= 0.6 is 11.8 Å². The molecule has 0 spiro atoms. The molecule has 2 aromatic rings. The molecule has 1 aromatic carbocycles. The summed E-state index contributed by atoms with van der Waals surface area (Å²) < 4.78 is 12.3. The molecule has 0 N–H and O–H groups in total. The molecule has 7 nitrogen and oxygen atoms in total. The predicted octanol–water partition coefficient (Wildman–Crippen LogP) is 0.824. The molecular formula is C14H16N3O4S-. The third-order valence-corrected chi connectivity index (χ3v) is 3.93. The van der Waals surface area contributed by atoms with E-state index in [0.717, 1.165) is 17.3 Å². The van der Waals surface area contributed by atoms with Gasteiger partial charge in [0.1, 0.15) is 0 Å². The van der Waals surface area contributed by atoms with Crippen molar-refractivity contribution in [3.63, 3.8) is 0 Å². The van der Waals surface area contributed by atoms with E-state index in [4.69, 9.17) is 9.47 Å². The lowest BCUT2D eigenvalue weighted by atomic mass is 10.2. The van der Waals surface area contributed by atoms with Gasteiger partial charge in [-0.1, -0.05) is 11.8 Å². The van der Waals surface area contributed by atoms with E-state index in [-0.39, 0.29) is 5.75 Å². The first-order chi connectivity index (χ1) is 10.6. The highest BCUT2D eigenvalue weighted by Gasteiger charge is 2.15. The van der Waals surface area contributed by atoms with Crippen molar-refractivity contribution >= 4 is 17.7 Å². The van der Waals surface area contributed by atoms with E-state index in [1.54, 1.807) is 20.3 Å². The number of carboxylic acid groups (broad SMARTS) is 1. The quantitative estimate of drug-likeness (QED) is 0.697. The highest BCUT2D eigenvalue weighted by molar-refractivity contribution is 7.99. The highest BCUT2D eigenvalue weighted by Crippen LogP contribution is 2.32. The van der Waals surface area contributed by atoms with Crippen molar-refractivity contribution in [1.82, 2.24) is 14.8 Å². The zero-order valence-corrected chi connectivity index (χ0v) is 13.3. The third kappa shape index (κ3) is 3.33. The summed E-state index contributed by atoms with van der Waals surface area (Å²) in [6, 6.07) is 5.45. The minimum atomic E-state index is -1.14. The Labute approximate surface area is 132 Å². The molecule has 0 atom stereocenters. The van der Waals surface area contributed by atoms with E-state index < -0.39 is 5.97 Å². The Kier molecular flexibility index (Phi) is 5.26.